The van der Waals surface area contributed by atoms with E-state index in [0.717, 1.165) is 24.8 Å². The Morgan fingerprint density at radius 1 is 1.03 bits per heavy atom. The van der Waals surface area contributed by atoms with Gasteiger partial charge in [-0.2, -0.15) is 0 Å². The van der Waals surface area contributed by atoms with Gasteiger partial charge in [0.1, 0.15) is 6.10 Å². The maximum atomic E-state index is 13.8. The normalized spacial score (nSPS) is 50.5. The zero-order valence-electron chi connectivity index (χ0n) is 17.7. The van der Waals surface area contributed by atoms with E-state index in [1.807, 2.05) is 0 Å². The topological polar surface area (TPSA) is 108 Å². The Morgan fingerprint density at radius 2 is 1.80 bits per heavy atom. The lowest BCUT2D eigenvalue weighted by molar-refractivity contribution is -0.228. The van der Waals surface area contributed by atoms with Crippen LogP contribution >= 0.6 is 0 Å². The van der Waals surface area contributed by atoms with Gasteiger partial charge < -0.3 is 19.7 Å². The van der Waals surface area contributed by atoms with Crippen LogP contribution in [-0.2, 0) is 4.79 Å². The van der Waals surface area contributed by atoms with E-state index in [-0.39, 0.29) is 41.0 Å². The minimum Gasteiger partial charge on any atom is -0.431 e. The van der Waals surface area contributed by atoms with Crippen LogP contribution in [0.5, 0.6) is 0 Å². The highest BCUT2D eigenvalue weighted by Crippen LogP contribution is 2.69. The van der Waals surface area contributed by atoms with Crippen LogP contribution < -0.4 is 5.63 Å². The van der Waals surface area contributed by atoms with E-state index < -0.39 is 22.7 Å². The number of carbonyl (C=O) groups excluding carboxylic acids is 1. The third-order valence-electron chi connectivity index (χ3n) is 9.80. The molecule has 1 heterocycles. The number of rotatable bonds is 1. The van der Waals surface area contributed by atoms with Crippen LogP contribution in [0, 0.1) is 28.6 Å². The molecule has 0 unspecified atom stereocenters. The van der Waals surface area contributed by atoms with E-state index in [1.165, 1.54) is 12.3 Å². The zero-order valence-corrected chi connectivity index (χ0v) is 17.7. The summed E-state index contributed by atoms with van der Waals surface area (Å²) in [4.78, 5) is 25.2. The molecule has 1 aromatic heterocycles. The number of fused-ring (bicyclic) bond motifs is 5. The van der Waals surface area contributed by atoms with Gasteiger partial charge in [0.2, 0.25) is 0 Å². The number of carbonyl (C=O) groups is 1. The summed E-state index contributed by atoms with van der Waals surface area (Å²) in [5.41, 5.74) is -2.29. The molecule has 1 aromatic rings. The lowest BCUT2D eigenvalue weighted by atomic mass is 9.42. The molecule has 3 N–H and O–H groups in total. The van der Waals surface area contributed by atoms with Crippen molar-refractivity contribution in [3.63, 3.8) is 0 Å². The fraction of sp³-hybridized carbons (Fsp3) is 0.750. The van der Waals surface area contributed by atoms with Crippen LogP contribution in [0.4, 0.5) is 0 Å². The molecule has 9 atom stereocenters. The number of aliphatic hydroxyl groups is 3. The summed E-state index contributed by atoms with van der Waals surface area (Å²) in [5, 5.41) is 33.7. The SMILES string of the molecule is C[C@@]12CC[C@@H](O)C[C@@H]1CC[C@H]1[C@H]2[C@@H](O)C(=O)[C@@]2(C)[C@H](c3ccc(=O)oc3)CC[C@@]12O. The summed E-state index contributed by atoms with van der Waals surface area (Å²) < 4.78 is 5.06. The molecule has 0 aliphatic heterocycles. The lowest BCUT2D eigenvalue weighted by Crippen LogP contribution is -2.70. The van der Waals surface area contributed by atoms with Gasteiger partial charge in [-0.1, -0.05) is 6.92 Å². The quantitative estimate of drug-likeness (QED) is 0.649. The Kier molecular flexibility index (Phi) is 4.42. The van der Waals surface area contributed by atoms with Gasteiger partial charge in [-0.05, 0) is 80.8 Å². The number of hydrogen-bond acceptors (Lipinski definition) is 6. The van der Waals surface area contributed by atoms with Crippen molar-refractivity contribution in [1.29, 1.82) is 0 Å². The van der Waals surface area contributed by atoms with Crippen molar-refractivity contribution < 1.29 is 24.5 Å². The molecule has 0 saturated heterocycles. The van der Waals surface area contributed by atoms with Crippen molar-refractivity contribution in [2.45, 2.75) is 82.5 Å². The monoisotopic (exact) mass is 416 g/mol. The first-order chi connectivity index (χ1) is 14.1. The lowest BCUT2D eigenvalue weighted by Gasteiger charge is -2.64. The zero-order chi connectivity index (χ0) is 21.5. The van der Waals surface area contributed by atoms with Gasteiger partial charge in [-0.3, -0.25) is 4.79 Å². The summed E-state index contributed by atoms with van der Waals surface area (Å²) in [6, 6.07) is 3.03. The molecule has 0 spiro atoms. The highest BCUT2D eigenvalue weighted by Gasteiger charge is 2.73. The van der Waals surface area contributed by atoms with Gasteiger partial charge >= 0.3 is 5.63 Å². The van der Waals surface area contributed by atoms with Crippen LogP contribution in [0.2, 0.25) is 0 Å². The molecule has 0 amide bonds. The summed E-state index contributed by atoms with van der Waals surface area (Å²) in [5.74, 6) is -0.769. The second kappa shape index (κ2) is 6.50. The Bertz CT molecular complexity index is 904. The molecular weight excluding hydrogens is 384 g/mol. The van der Waals surface area contributed by atoms with Crippen LogP contribution in [0.3, 0.4) is 0 Å². The Balaban J connectivity index is 1.58. The largest absolute Gasteiger partial charge is 0.431 e. The maximum Gasteiger partial charge on any atom is 0.335 e. The first kappa shape index (κ1) is 20.4. The second-order valence-electron chi connectivity index (χ2n) is 10.8. The third kappa shape index (κ3) is 2.41. The molecule has 4 fully saturated rings. The van der Waals surface area contributed by atoms with Crippen molar-refractivity contribution >= 4 is 5.78 Å². The standard InChI is InChI=1S/C24H32O6/c1-22-9-7-15(25)11-14(22)4-5-17-19(22)20(27)21(28)23(2)16(8-10-24(17,23)29)13-3-6-18(26)30-12-13/h3,6,12,14-17,19-20,25,27,29H,4-5,7-11H2,1-2H3/t14-,15+,16-,17-,19-,20+,22+,23+,24+/m0/s1. The van der Waals surface area contributed by atoms with Crippen LogP contribution in [-0.4, -0.2) is 38.9 Å². The van der Waals surface area contributed by atoms with E-state index in [9.17, 15) is 24.9 Å². The molecule has 5 rings (SSSR count). The first-order valence-electron chi connectivity index (χ1n) is 11.3. The first-order valence-corrected chi connectivity index (χ1v) is 11.3. The van der Waals surface area contributed by atoms with Crippen LogP contribution in [0.25, 0.3) is 0 Å². The summed E-state index contributed by atoms with van der Waals surface area (Å²) in [6.45, 7) is 3.96. The van der Waals surface area contributed by atoms with Gasteiger partial charge in [0, 0.05) is 17.9 Å². The number of hydrogen-bond donors (Lipinski definition) is 3. The van der Waals surface area contributed by atoms with Gasteiger partial charge in [-0.25, -0.2) is 4.79 Å². The minimum absolute atomic E-state index is 0.160. The van der Waals surface area contributed by atoms with Crippen molar-refractivity contribution in [3.8, 4) is 0 Å². The Hall–Kier alpha value is -1.50. The van der Waals surface area contributed by atoms with Gasteiger partial charge in [-0.15, -0.1) is 0 Å². The van der Waals surface area contributed by atoms with Crippen molar-refractivity contribution in [3.05, 3.63) is 34.4 Å². The summed E-state index contributed by atoms with van der Waals surface area (Å²) in [7, 11) is 0. The number of Topliss-reactive ketones (excluding diaryl/α,β-unsaturated/α-hetero) is 1. The van der Waals surface area contributed by atoms with Crippen molar-refractivity contribution in [2.24, 2.45) is 28.6 Å². The van der Waals surface area contributed by atoms with Crippen LogP contribution in [0.15, 0.2) is 27.6 Å². The molecule has 0 bridgehead atoms. The average Bonchev–Trinajstić information content (AvgIpc) is 3.00. The molecular formula is C24H32O6. The highest BCUT2D eigenvalue weighted by atomic mass is 16.4. The van der Waals surface area contributed by atoms with E-state index in [0.29, 0.717) is 25.7 Å². The van der Waals surface area contributed by atoms with E-state index >= 15 is 0 Å². The molecule has 30 heavy (non-hydrogen) atoms. The summed E-state index contributed by atoms with van der Waals surface area (Å²) >= 11 is 0. The molecule has 0 radical (unpaired) electrons. The fourth-order valence-electron chi connectivity index (χ4n) is 8.13. The van der Waals surface area contributed by atoms with Crippen LogP contribution in [0.1, 0.15) is 70.3 Å². The smallest absolute Gasteiger partial charge is 0.335 e. The molecule has 4 aliphatic rings. The summed E-state index contributed by atoms with van der Waals surface area (Å²) in [6.07, 6.45) is 4.88. The second-order valence-corrected chi connectivity index (χ2v) is 10.8. The molecule has 6 nitrogen and oxygen atoms in total. The van der Waals surface area contributed by atoms with E-state index in [2.05, 4.69) is 6.92 Å². The van der Waals surface area contributed by atoms with E-state index in [4.69, 9.17) is 4.42 Å². The Labute approximate surface area is 176 Å². The van der Waals surface area contributed by atoms with Gasteiger partial charge in [0.25, 0.3) is 0 Å². The molecule has 0 aromatic carbocycles. The Morgan fingerprint density at radius 3 is 2.50 bits per heavy atom. The van der Waals surface area contributed by atoms with E-state index in [1.54, 1.807) is 13.0 Å². The maximum absolute atomic E-state index is 13.8. The van der Waals surface area contributed by atoms with Crippen molar-refractivity contribution in [1.82, 2.24) is 0 Å². The molecule has 4 aliphatic carbocycles. The number of ketones is 1. The minimum atomic E-state index is -1.20. The molecule has 164 valence electrons. The van der Waals surface area contributed by atoms with Gasteiger partial charge in [0.15, 0.2) is 5.78 Å². The predicted molar refractivity (Wildman–Crippen MR) is 109 cm³/mol. The number of aliphatic hydroxyl groups excluding tert-OH is 2. The molecule has 6 heteroatoms. The predicted octanol–water partition coefficient (Wildman–Crippen LogP) is 2.39. The third-order valence-corrected chi connectivity index (χ3v) is 9.80. The fourth-order valence-corrected chi connectivity index (χ4v) is 8.13. The average molecular weight is 417 g/mol. The van der Waals surface area contributed by atoms with Crippen molar-refractivity contribution in [2.75, 3.05) is 0 Å². The highest BCUT2D eigenvalue weighted by molar-refractivity contribution is 5.93. The van der Waals surface area contributed by atoms with Gasteiger partial charge in [0.05, 0.1) is 23.4 Å². The molecule has 4 saturated carbocycles.